The molecular weight excluding hydrogens is 275 g/mol. The van der Waals surface area contributed by atoms with Crippen LogP contribution >= 0.6 is 9.90 Å². The SMILES string of the molecule is [In+3].[In+3].[N-3].[P-3]. The molecule has 0 aromatic heterocycles. The second-order valence-electron chi connectivity index (χ2n) is 0. The van der Waals surface area contributed by atoms with Gasteiger partial charge in [-0.1, -0.05) is 0 Å². The minimum Gasteiger partial charge on any atom is -3.00 e. The standard InChI is InChI=1S/2In.N.P/q2*+3;2*-3. The summed E-state index contributed by atoms with van der Waals surface area (Å²) >= 11 is 0. The van der Waals surface area contributed by atoms with Crippen molar-refractivity contribution >= 4 is 61.6 Å². The summed E-state index contributed by atoms with van der Waals surface area (Å²) in [5.41, 5.74) is 0. The van der Waals surface area contributed by atoms with Crippen LogP contribution in [0, 0.1) is 0 Å². The molecule has 4 heteroatoms. The van der Waals surface area contributed by atoms with Crippen LogP contribution < -0.4 is 0 Å². The molecule has 0 heterocycles. The molecule has 0 spiro atoms. The van der Waals surface area contributed by atoms with Crippen molar-refractivity contribution in [3.05, 3.63) is 6.15 Å². The number of rotatable bonds is 0. The van der Waals surface area contributed by atoms with Gasteiger partial charge in [-0.05, 0) is 0 Å². The Morgan fingerprint density at radius 2 is 0.750 bits per heavy atom. The molecule has 0 unspecified atom stereocenters. The molecule has 0 aliphatic carbocycles. The zero-order valence-corrected chi connectivity index (χ0v) is 9.53. The Bertz CT molecular complexity index is 6.00. The largest absolute Gasteiger partial charge is 3.00 e. The van der Waals surface area contributed by atoms with E-state index in [9.17, 15) is 0 Å². The summed E-state index contributed by atoms with van der Waals surface area (Å²) in [5.74, 6) is 0. The molecule has 0 amide bonds. The van der Waals surface area contributed by atoms with Crippen molar-refractivity contribution in [2.45, 2.75) is 0 Å². The normalized spacial score (nSPS) is 0. The van der Waals surface area contributed by atoms with E-state index in [0.29, 0.717) is 0 Å². The van der Waals surface area contributed by atoms with E-state index in [0.717, 1.165) is 0 Å². The number of hydrogen-bond donors (Lipinski definition) is 0. The maximum absolute atomic E-state index is 0. The molecule has 16 valence electrons. The molecule has 0 aromatic carbocycles. The topological polar surface area (TPSA) is 30.5 Å². The van der Waals surface area contributed by atoms with E-state index in [4.69, 9.17) is 0 Å². The van der Waals surface area contributed by atoms with Crippen LogP contribution in [0.1, 0.15) is 0 Å². The molecule has 4 heavy (non-hydrogen) atoms. The second-order valence-corrected chi connectivity index (χ2v) is 0. The van der Waals surface area contributed by atoms with Crippen molar-refractivity contribution in [1.29, 1.82) is 0 Å². The average molecular weight is 275 g/mol. The third-order valence-electron chi connectivity index (χ3n) is 0. The Morgan fingerprint density at radius 3 is 0.750 bits per heavy atom. The van der Waals surface area contributed by atoms with Gasteiger partial charge in [0, 0.05) is 0 Å². The fourth-order valence-corrected chi connectivity index (χ4v) is 0. The molecule has 0 aliphatic rings. The Labute approximate surface area is 67.1 Å². The van der Waals surface area contributed by atoms with Crippen LogP contribution in [0.4, 0.5) is 0 Å². The van der Waals surface area contributed by atoms with E-state index < -0.39 is 0 Å². The van der Waals surface area contributed by atoms with Gasteiger partial charge in [-0.2, -0.15) is 0 Å². The van der Waals surface area contributed by atoms with Crippen molar-refractivity contribution < 1.29 is 0 Å². The molecule has 0 saturated carbocycles. The predicted molar refractivity (Wildman–Crippen MR) is 21.8 cm³/mol. The summed E-state index contributed by atoms with van der Waals surface area (Å²) < 4.78 is 0. The zero-order chi connectivity index (χ0) is 0. The van der Waals surface area contributed by atoms with Gasteiger partial charge in [0.2, 0.25) is 0 Å². The monoisotopic (exact) mass is 275 g/mol. The van der Waals surface area contributed by atoms with E-state index in [1.165, 1.54) is 0 Å². The molecule has 0 aromatic rings. The van der Waals surface area contributed by atoms with Gasteiger partial charge >= 0.3 is 51.7 Å². The molecule has 0 fully saturated rings. The molecule has 0 rings (SSSR count). The van der Waals surface area contributed by atoms with Gasteiger partial charge < -0.3 is 16.0 Å². The first-order chi connectivity index (χ1) is 0. The van der Waals surface area contributed by atoms with Crippen LogP contribution in [0.15, 0.2) is 0 Å². The maximum atomic E-state index is 0. The summed E-state index contributed by atoms with van der Waals surface area (Å²) in [6.45, 7) is 0. The third-order valence-corrected chi connectivity index (χ3v) is 0. The summed E-state index contributed by atoms with van der Waals surface area (Å²) in [6.07, 6.45) is 0. The van der Waals surface area contributed by atoms with Crippen molar-refractivity contribution in [3.63, 3.8) is 0 Å². The predicted octanol–water partition coefficient (Wildman–Crippen LogP) is 0.388. The van der Waals surface area contributed by atoms with Gasteiger partial charge in [0.1, 0.15) is 0 Å². The molecule has 1 nitrogen and oxygen atoms in total. The Morgan fingerprint density at radius 1 is 0.750 bits per heavy atom. The van der Waals surface area contributed by atoms with Crippen LogP contribution in [0.5, 0.6) is 0 Å². The van der Waals surface area contributed by atoms with Crippen molar-refractivity contribution in [1.82, 2.24) is 0 Å². The third kappa shape index (κ3) is 8.92. The Kier molecular flexibility index (Phi) is 171. The quantitative estimate of drug-likeness (QED) is 0.572. The van der Waals surface area contributed by atoms with E-state index in [2.05, 4.69) is 0 Å². The van der Waals surface area contributed by atoms with Gasteiger partial charge in [0.25, 0.3) is 0 Å². The van der Waals surface area contributed by atoms with Gasteiger partial charge in [-0.25, -0.2) is 0 Å². The average Bonchev–Trinajstić information content (AvgIpc) is 0. The van der Waals surface area contributed by atoms with E-state index >= 15 is 0 Å². The smallest absolute Gasteiger partial charge is 3.00 e. The van der Waals surface area contributed by atoms with Gasteiger partial charge in [-0.3, -0.25) is 0 Å². The molecule has 0 atom stereocenters. The molecule has 0 N–H and O–H groups in total. The fourth-order valence-electron chi connectivity index (χ4n) is 0. The fraction of sp³-hybridized carbons (Fsp3) is 0. The second kappa shape index (κ2) is 19.3. The summed E-state index contributed by atoms with van der Waals surface area (Å²) in [7, 11) is 0. The maximum Gasteiger partial charge on any atom is 3.00 e. The van der Waals surface area contributed by atoms with Crippen LogP contribution in [-0.4, -0.2) is 51.7 Å². The minimum absolute atomic E-state index is 0. The van der Waals surface area contributed by atoms with Gasteiger partial charge in [0.15, 0.2) is 0 Å². The van der Waals surface area contributed by atoms with Crippen LogP contribution in [0.25, 0.3) is 6.15 Å². The van der Waals surface area contributed by atoms with E-state index in [1.807, 2.05) is 0 Å². The van der Waals surface area contributed by atoms with E-state index in [1.54, 1.807) is 0 Å². The summed E-state index contributed by atoms with van der Waals surface area (Å²) in [5, 5.41) is 0. The van der Waals surface area contributed by atoms with Crippen LogP contribution in [0.2, 0.25) is 0 Å². The van der Waals surface area contributed by atoms with Gasteiger partial charge in [0.05, 0.1) is 0 Å². The molecule has 0 aliphatic heterocycles. The van der Waals surface area contributed by atoms with Gasteiger partial charge in [-0.15, -0.1) is 0 Å². The molecule has 0 radical (unpaired) electrons. The van der Waals surface area contributed by atoms with Crippen molar-refractivity contribution in [2.75, 3.05) is 0 Å². The zero-order valence-electron chi connectivity index (χ0n) is 2.05. The minimum atomic E-state index is 0. The van der Waals surface area contributed by atoms with Crippen LogP contribution in [-0.2, 0) is 0 Å². The first-order valence-electron chi connectivity index (χ1n) is 0. The molecule has 0 saturated heterocycles. The van der Waals surface area contributed by atoms with Crippen LogP contribution in [0.3, 0.4) is 0 Å². The first kappa shape index (κ1) is 35.6. The van der Waals surface area contributed by atoms with Crippen molar-refractivity contribution in [2.24, 2.45) is 0 Å². The Hall–Kier alpha value is 2.13. The van der Waals surface area contributed by atoms with Crippen molar-refractivity contribution in [3.8, 4) is 0 Å². The molecular formula is In2NP. The number of hydrogen-bond acceptors (Lipinski definition) is 0. The number of nitrogens with zero attached hydrogens (tertiary/aromatic N) is 1. The molecule has 0 bridgehead atoms. The summed E-state index contributed by atoms with van der Waals surface area (Å²) in [4.78, 5) is 0. The Balaban J connectivity index is 0. The first-order valence-corrected chi connectivity index (χ1v) is 0. The van der Waals surface area contributed by atoms with E-state index in [-0.39, 0.29) is 67.7 Å². The summed E-state index contributed by atoms with van der Waals surface area (Å²) in [6, 6.07) is 0.